The number of fused-ring (bicyclic) bond motifs is 2. The van der Waals surface area contributed by atoms with E-state index in [4.69, 9.17) is 4.74 Å². The van der Waals surface area contributed by atoms with E-state index in [1.807, 2.05) is 36.4 Å². The molecule has 0 heterocycles. The minimum Gasteiger partial charge on any atom is -0.496 e. The summed E-state index contributed by atoms with van der Waals surface area (Å²) >= 11 is 0. The maximum absolute atomic E-state index is 15.0. The Morgan fingerprint density at radius 2 is 1.62 bits per heavy atom. The maximum atomic E-state index is 15.0. The third-order valence-corrected chi connectivity index (χ3v) is 9.31. The molecule has 4 aromatic carbocycles. The zero-order valence-corrected chi connectivity index (χ0v) is 26.6. The van der Waals surface area contributed by atoms with Crippen LogP contribution in [0.25, 0.3) is 17.2 Å². The summed E-state index contributed by atoms with van der Waals surface area (Å²) in [6.07, 6.45) is -2.13. The summed E-state index contributed by atoms with van der Waals surface area (Å²) in [5.74, 6) is -5.87. The Morgan fingerprint density at radius 1 is 0.900 bits per heavy atom. The zero-order chi connectivity index (χ0) is 35.7. The number of halogens is 5. The van der Waals surface area contributed by atoms with Crippen LogP contribution >= 0.6 is 0 Å². The van der Waals surface area contributed by atoms with Gasteiger partial charge < -0.3 is 20.5 Å². The second-order valence-corrected chi connectivity index (χ2v) is 12.4. The van der Waals surface area contributed by atoms with Crippen molar-refractivity contribution in [2.75, 3.05) is 12.4 Å². The number of amides is 2. The minimum absolute atomic E-state index is 0.0249. The first-order valence-corrected chi connectivity index (χ1v) is 15.8. The second kappa shape index (κ2) is 13.8. The molecule has 50 heavy (non-hydrogen) atoms. The zero-order valence-electron chi connectivity index (χ0n) is 26.6. The molecule has 2 unspecified atom stereocenters. The molecule has 0 aliphatic heterocycles. The van der Waals surface area contributed by atoms with Gasteiger partial charge in [0.2, 0.25) is 5.91 Å². The molecule has 7 nitrogen and oxygen atoms in total. The van der Waals surface area contributed by atoms with Crippen LogP contribution in [0.4, 0.5) is 27.6 Å². The summed E-state index contributed by atoms with van der Waals surface area (Å²) in [4.78, 5) is 39.2. The molecule has 4 aromatic rings. The number of carboxylic acid groups (broad SMARTS) is 1. The van der Waals surface area contributed by atoms with Gasteiger partial charge in [-0.1, -0.05) is 54.1 Å². The van der Waals surface area contributed by atoms with Crippen molar-refractivity contribution < 1.29 is 46.2 Å². The van der Waals surface area contributed by atoms with Crippen LogP contribution in [-0.2, 0) is 22.2 Å². The summed E-state index contributed by atoms with van der Waals surface area (Å²) < 4.78 is 74.8. The molecule has 0 aromatic heterocycles. The first kappa shape index (κ1) is 34.3. The Labute approximate surface area is 283 Å². The predicted molar refractivity (Wildman–Crippen MR) is 175 cm³/mol. The van der Waals surface area contributed by atoms with Crippen LogP contribution in [0.15, 0.2) is 90.5 Å². The number of carbonyl (C=O) groups excluding carboxylic acids is 2. The third kappa shape index (κ3) is 6.96. The number of methoxy groups -OCH3 is 1. The lowest BCUT2D eigenvalue weighted by Gasteiger charge is -2.30. The molecule has 2 bridgehead atoms. The van der Waals surface area contributed by atoms with E-state index < -0.39 is 53.1 Å². The number of benzene rings is 4. The van der Waals surface area contributed by atoms with Crippen LogP contribution in [0.5, 0.6) is 5.75 Å². The number of carboxylic acids is 1. The van der Waals surface area contributed by atoms with Crippen molar-refractivity contribution in [2.45, 2.75) is 31.5 Å². The normalized spacial score (nSPS) is 20.5. The average Bonchev–Trinajstić information content (AvgIpc) is 3.60. The van der Waals surface area contributed by atoms with Crippen LogP contribution in [0, 0.1) is 29.4 Å². The van der Waals surface area contributed by atoms with Crippen molar-refractivity contribution in [3.05, 3.63) is 124 Å². The lowest BCUT2D eigenvalue weighted by molar-refractivity contribution is -0.140. The van der Waals surface area contributed by atoms with Crippen molar-refractivity contribution in [2.24, 2.45) is 17.8 Å². The first-order chi connectivity index (χ1) is 23.8. The van der Waals surface area contributed by atoms with Gasteiger partial charge >= 0.3 is 12.1 Å². The number of aliphatic carboxylic acids is 1. The van der Waals surface area contributed by atoms with Gasteiger partial charge in [-0.2, -0.15) is 13.2 Å². The van der Waals surface area contributed by atoms with Crippen LogP contribution in [0.1, 0.15) is 39.9 Å². The monoisotopic (exact) mass is 690 g/mol. The van der Waals surface area contributed by atoms with Crippen molar-refractivity contribution in [1.82, 2.24) is 5.32 Å². The number of nitrogens with one attached hydrogen (secondary N) is 2. The Bertz CT molecular complexity index is 2000. The fraction of sp³-hybridized carbons (Fsp3) is 0.237. The molecule has 0 saturated heterocycles. The second-order valence-electron chi connectivity index (χ2n) is 12.4. The van der Waals surface area contributed by atoms with Crippen molar-refractivity contribution in [1.29, 1.82) is 0 Å². The molecule has 12 heteroatoms. The van der Waals surface area contributed by atoms with Gasteiger partial charge in [0, 0.05) is 23.2 Å². The SMILES string of the molecule is COc1ccc(-c2cc(CC(=O)O)ccc2F)cc1C(=O)N[C@@H]1C2CCC(C2=Cc2ccccc2)[C@@H]1C(=O)Nc1ccc(F)c(C(F)(F)F)c1. The summed E-state index contributed by atoms with van der Waals surface area (Å²) in [5.41, 5.74) is 0.758. The van der Waals surface area contributed by atoms with E-state index >= 15 is 0 Å². The molecule has 0 radical (unpaired) electrons. The van der Waals surface area contributed by atoms with Crippen molar-refractivity contribution >= 4 is 29.5 Å². The Kier molecular flexibility index (Phi) is 9.46. The van der Waals surface area contributed by atoms with Crippen molar-refractivity contribution in [3.8, 4) is 16.9 Å². The van der Waals surface area contributed by atoms with Crippen LogP contribution in [0.2, 0.25) is 0 Å². The number of hydrogen-bond acceptors (Lipinski definition) is 4. The van der Waals surface area contributed by atoms with E-state index in [2.05, 4.69) is 10.6 Å². The lowest BCUT2D eigenvalue weighted by atomic mass is 9.83. The van der Waals surface area contributed by atoms with Gasteiger partial charge in [-0.25, -0.2) is 8.78 Å². The number of ether oxygens (including phenoxy) is 1. The highest BCUT2D eigenvalue weighted by atomic mass is 19.4. The number of carbonyl (C=O) groups is 3. The van der Waals surface area contributed by atoms with E-state index in [1.54, 1.807) is 0 Å². The van der Waals surface area contributed by atoms with Gasteiger partial charge in [0.1, 0.15) is 17.4 Å². The Hall–Kier alpha value is -5.52. The molecule has 2 saturated carbocycles. The van der Waals surface area contributed by atoms with Crippen LogP contribution in [-0.4, -0.2) is 36.0 Å². The smallest absolute Gasteiger partial charge is 0.419 e. The van der Waals surface area contributed by atoms with Crippen LogP contribution in [0.3, 0.4) is 0 Å². The molecule has 2 fully saturated rings. The van der Waals surface area contributed by atoms with Crippen LogP contribution < -0.4 is 15.4 Å². The highest BCUT2D eigenvalue weighted by Crippen LogP contribution is 2.53. The standard InChI is InChI=1S/C38H31F5N2O5/c1-50-32-14-8-22(26-16-21(17-33(46)47)7-12-30(26)39)18-28(32)36(48)45-35-25-11-10-24(27(25)15-20-5-3-2-4-6-20)34(35)37(49)44-23-9-13-31(40)29(19-23)38(41,42)43/h2-9,12-16,18-19,24-25,34-35H,10-11,17H2,1H3,(H,44,49)(H,45,48)(H,46,47)/t24?,25?,34-,35+/m0/s1. The quantitative estimate of drug-likeness (QED) is 0.156. The Balaban J connectivity index is 1.35. The van der Waals surface area contributed by atoms with E-state index in [1.165, 1.54) is 37.4 Å². The molecule has 258 valence electrons. The van der Waals surface area contributed by atoms with Gasteiger partial charge in [-0.05, 0) is 77.9 Å². The molecule has 0 spiro atoms. The fourth-order valence-electron chi connectivity index (χ4n) is 7.14. The molecule has 3 N–H and O–H groups in total. The molecule has 6 rings (SSSR count). The van der Waals surface area contributed by atoms with E-state index in [0.717, 1.165) is 23.3 Å². The van der Waals surface area contributed by atoms with Crippen molar-refractivity contribution in [3.63, 3.8) is 0 Å². The minimum atomic E-state index is -4.98. The lowest BCUT2D eigenvalue weighted by Crippen LogP contribution is -2.48. The van der Waals surface area contributed by atoms with Gasteiger partial charge in [-0.15, -0.1) is 0 Å². The molecule has 2 aliphatic rings. The van der Waals surface area contributed by atoms with E-state index in [0.29, 0.717) is 30.5 Å². The fourth-order valence-corrected chi connectivity index (χ4v) is 7.14. The number of alkyl halides is 3. The molecule has 4 atom stereocenters. The van der Waals surface area contributed by atoms with Gasteiger partial charge in [0.15, 0.2) is 0 Å². The summed E-state index contributed by atoms with van der Waals surface area (Å²) in [6.45, 7) is 0. The van der Waals surface area contributed by atoms with Gasteiger partial charge in [-0.3, -0.25) is 14.4 Å². The molecule has 2 aliphatic carbocycles. The first-order valence-electron chi connectivity index (χ1n) is 15.8. The summed E-state index contributed by atoms with van der Waals surface area (Å²) in [6, 6.07) is 19.1. The molecular formula is C38H31F5N2O5. The van der Waals surface area contributed by atoms with Gasteiger partial charge in [0.05, 0.1) is 30.6 Å². The molecular weight excluding hydrogens is 659 g/mol. The highest BCUT2D eigenvalue weighted by Gasteiger charge is 2.54. The number of rotatable bonds is 9. The highest BCUT2D eigenvalue weighted by molar-refractivity contribution is 6.00. The largest absolute Gasteiger partial charge is 0.496 e. The average molecular weight is 691 g/mol. The summed E-state index contributed by atoms with van der Waals surface area (Å²) in [5, 5.41) is 14.7. The van der Waals surface area contributed by atoms with Gasteiger partial charge in [0.25, 0.3) is 5.91 Å². The predicted octanol–water partition coefficient (Wildman–Crippen LogP) is 7.76. The summed E-state index contributed by atoms with van der Waals surface area (Å²) in [7, 11) is 1.35. The van der Waals surface area contributed by atoms with E-state index in [-0.39, 0.29) is 46.4 Å². The topological polar surface area (TPSA) is 105 Å². The molecule has 2 amide bonds. The maximum Gasteiger partial charge on any atom is 0.419 e. The Morgan fingerprint density at radius 3 is 2.32 bits per heavy atom. The number of anilines is 1. The van der Waals surface area contributed by atoms with E-state index in [9.17, 15) is 41.4 Å². The number of hydrogen-bond donors (Lipinski definition) is 3. The third-order valence-electron chi connectivity index (χ3n) is 9.31.